The number of furan rings is 1. The van der Waals surface area contributed by atoms with Crippen molar-refractivity contribution in [3.63, 3.8) is 0 Å². The maximum absolute atomic E-state index is 14.7. The number of benzene rings is 2. The third-order valence-electron chi connectivity index (χ3n) is 5.32. The first-order chi connectivity index (χ1) is 17.0. The molecule has 0 spiro atoms. The average molecular weight is 506 g/mol. The van der Waals surface area contributed by atoms with Gasteiger partial charge in [-0.25, -0.2) is 9.07 Å². The summed E-state index contributed by atoms with van der Waals surface area (Å²) < 4.78 is 27.5. The lowest BCUT2D eigenvalue weighted by atomic mass is 10.1. The van der Waals surface area contributed by atoms with Crippen LogP contribution in [0.1, 0.15) is 18.2 Å². The van der Waals surface area contributed by atoms with Crippen LogP contribution in [0.3, 0.4) is 0 Å². The Morgan fingerprint density at radius 3 is 2.71 bits per heavy atom. The highest BCUT2D eigenvalue weighted by Gasteiger charge is 2.33. The zero-order valence-corrected chi connectivity index (χ0v) is 20.3. The molecule has 0 saturated carbocycles. The normalized spacial score (nSPS) is 14.8. The van der Waals surface area contributed by atoms with Crippen LogP contribution >= 0.6 is 24.0 Å². The summed E-state index contributed by atoms with van der Waals surface area (Å²) in [4.78, 5) is 15.1. The molecule has 2 aromatic carbocycles. The molecule has 9 heteroatoms. The Labute approximate surface area is 211 Å². The van der Waals surface area contributed by atoms with Crippen molar-refractivity contribution < 1.29 is 18.3 Å². The number of ether oxygens (including phenoxy) is 1. The van der Waals surface area contributed by atoms with Crippen LogP contribution in [0, 0.1) is 5.82 Å². The highest BCUT2D eigenvalue weighted by Crippen LogP contribution is 2.36. The third-order valence-corrected chi connectivity index (χ3v) is 6.70. The quantitative estimate of drug-likeness (QED) is 0.224. The standard InChI is InChI=1S/C26H20FN3O3S2/c1-2-32-22-11-10-17(13-21(22)27)24-18(15-30(28-24)19-7-4-3-5-8-19)14-23-25(31)29(26(34)35-23)16-20-9-6-12-33-20/h3-15H,2,16H2,1H3. The number of thioether (sulfide) groups is 1. The van der Waals surface area contributed by atoms with Gasteiger partial charge in [0.25, 0.3) is 5.91 Å². The summed E-state index contributed by atoms with van der Waals surface area (Å²) in [6, 6.07) is 17.9. The van der Waals surface area contributed by atoms with E-state index in [0.29, 0.717) is 38.4 Å². The van der Waals surface area contributed by atoms with Gasteiger partial charge < -0.3 is 9.15 Å². The summed E-state index contributed by atoms with van der Waals surface area (Å²) in [6.07, 6.45) is 5.12. The molecule has 1 saturated heterocycles. The van der Waals surface area contributed by atoms with Crippen molar-refractivity contribution in [3.8, 4) is 22.7 Å². The number of aromatic nitrogens is 2. The molecule has 176 valence electrons. The van der Waals surface area contributed by atoms with E-state index < -0.39 is 5.82 Å². The minimum Gasteiger partial charge on any atom is -0.491 e. The number of hydrogen-bond donors (Lipinski definition) is 0. The van der Waals surface area contributed by atoms with Gasteiger partial charge in [0.05, 0.1) is 30.0 Å². The first-order valence-corrected chi connectivity index (χ1v) is 12.1. The van der Waals surface area contributed by atoms with E-state index in [1.54, 1.807) is 48.2 Å². The van der Waals surface area contributed by atoms with Gasteiger partial charge in [-0.1, -0.05) is 42.2 Å². The second-order valence-electron chi connectivity index (χ2n) is 7.64. The van der Waals surface area contributed by atoms with Crippen molar-refractivity contribution in [2.75, 3.05) is 6.61 Å². The summed E-state index contributed by atoms with van der Waals surface area (Å²) in [5, 5.41) is 4.72. The summed E-state index contributed by atoms with van der Waals surface area (Å²) >= 11 is 6.67. The van der Waals surface area contributed by atoms with Gasteiger partial charge >= 0.3 is 0 Å². The summed E-state index contributed by atoms with van der Waals surface area (Å²) in [5.74, 6) is 0.131. The van der Waals surface area contributed by atoms with Gasteiger partial charge in [0.1, 0.15) is 15.8 Å². The molecule has 1 fully saturated rings. The van der Waals surface area contributed by atoms with Crippen LogP contribution in [0.15, 0.2) is 82.4 Å². The molecule has 0 N–H and O–H groups in total. The monoisotopic (exact) mass is 505 g/mol. The number of nitrogens with zero attached hydrogens (tertiary/aromatic N) is 3. The third kappa shape index (κ3) is 4.78. The topological polar surface area (TPSA) is 60.5 Å². The van der Waals surface area contributed by atoms with Crippen molar-refractivity contribution in [2.24, 2.45) is 0 Å². The lowest BCUT2D eigenvalue weighted by Gasteiger charge is -2.11. The number of amides is 1. The van der Waals surface area contributed by atoms with Crippen molar-refractivity contribution in [2.45, 2.75) is 13.5 Å². The SMILES string of the molecule is CCOc1ccc(-c2nn(-c3ccccc3)cc2C=C2SC(=S)N(Cc3ccco3)C2=O)cc1F. The molecule has 5 rings (SSSR count). The largest absolute Gasteiger partial charge is 0.491 e. The molecular weight excluding hydrogens is 485 g/mol. The van der Waals surface area contributed by atoms with Crippen molar-refractivity contribution in [3.05, 3.63) is 95.2 Å². The van der Waals surface area contributed by atoms with E-state index in [2.05, 4.69) is 0 Å². The molecule has 1 amide bonds. The predicted molar refractivity (Wildman–Crippen MR) is 138 cm³/mol. The van der Waals surface area contributed by atoms with E-state index in [1.807, 2.05) is 36.5 Å². The fraction of sp³-hybridized carbons (Fsp3) is 0.115. The second-order valence-corrected chi connectivity index (χ2v) is 9.31. The van der Waals surface area contributed by atoms with Crippen molar-refractivity contribution >= 4 is 40.3 Å². The number of hydrogen-bond acceptors (Lipinski definition) is 6. The summed E-state index contributed by atoms with van der Waals surface area (Å²) in [5.41, 5.74) is 2.60. The molecule has 4 aromatic rings. The number of halogens is 1. The fourth-order valence-corrected chi connectivity index (χ4v) is 4.93. The lowest BCUT2D eigenvalue weighted by Crippen LogP contribution is -2.27. The van der Waals surface area contributed by atoms with Gasteiger partial charge in [0.2, 0.25) is 0 Å². The first kappa shape index (κ1) is 23.1. The van der Waals surface area contributed by atoms with Gasteiger partial charge in [0.15, 0.2) is 11.6 Å². The van der Waals surface area contributed by atoms with Gasteiger partial charge in [-0.05, 0) is 55.5 Å². The van der Waals surface area contributed by atoms with E-state index in [1.165, 1.54) is 22.7 Å². The molecule has 0 atom stereocenters. The highest BCUT2D eigenvalue weighted by atomic mass is 32.2. The van der Waals surface area contributed by atoms with Crippen LogP contribution in [-0.2, 0) is 11.3 Å². The number of thiocarbonyl (C=S) groups is 1. The van der Waals surface area contributed by atoms with Gasteiger partial charge in [-0.15, -0.1) is 0 Å². The fourth-order valence-electron chi connectivity index (χ4n) is 3.69. The molecule has 2 aromatic heterocycles. The average Bonchev–Trinajstić information content (AvgIpc) is 3.59. The molecule has 35 heavy (non-hydrogen) atoms. The summed E-state index contributed by atoms with van der Waals surface area (Å²) in [6.45, 7) is 2.42. The lowest BCUT2D eigenvalue weighted by molar-refractivity contribution is -0.122. The minimum atomic E-state index is -0.477. The van der Waals surface area contributed by atoms with Crippen LogP contribution in [0.4, 0.5) is 4.39 Å². The predicted octanol–water partition coefficient (Wildman–Crippen LogP) is 6.07. The summed E-state index contributed by atoms with van der Waals surface area (Å²) in [7, 11) is 0. The van der Waals surface area contributed by atoms with Crippen LogP contribution in [0.25, 0.3) is 23.0 Å². The molecule has 1 aliphatic rings. The van der Waals surface area contributed by atoms with Crippen LogP contribution in [0.2, 0.25) is 0 Å². The number of rotatable bonds is 7. The molecule has 0 bridgehead atoms. The smallest absolute Gasteiger partial charge is 0.266 e. The number of carbonyl (C=O) groups excluding carboxylic acids is 1. The molecule has 3 heterocycles. The van der Waals surface area contributed by atoms with Crippen molar-refractivity contribution in [1.29, 1.82) is 0 Å². The molecule has 1 aliphatic heterocycles. The molecule has 0 aliphatic carbocycles. The maximum atomic E-state index is 14.7. The number of para-hydroxylation sites is 1. The Kier molecular flexibility index (Phi) is 6.52. The van der Waals surface area contributed by atoms with E-state index in [0.717, 1.165) is 5.69 Å². The molecule has 6 nitrogen and oxygen atoms in total. The zero-order valence-electron chi connectivity index (χ0n) is 18.7. The Morgan fingerprint density at radius 1 is 1.17 bits per heavy atom. The minimum absolute atomic E-state index is 0.180. The molecular formula is C26H20FN3O3S2. The van der Waals surface area contributed by atoms with E-state index in [-0.39, 0.29) is 18.2 Å². The first-order valence-electron chi connectivity index (χ1n) is 10.9. The second kappa shape index (κ2) is 9.89. The Bertz CT molecular complexity index is 1420. The molecule has 0 radical (unpaired) electrons. The van der Waals surface area contributed by atoms with E-state index >= 15 is 0 Å². The Morgan fingerprint density at radius 2 is 2.00 bits per heavy atom. The van der Waals surface area contributed by atoms with Gasteiger partial charge in [-0.3, -0.25) is 9.69 Å². The van der Waals surface area contributed by atoms with Gasteiger partial charge in [0, 0.05) is 17.3 Å². The zero-order chi connectivity index (χ0) is 24.4. The highest BCUT2D eigenvalue weighted by molar-refractivity contribution is 8.26. The Hall–Kier alpha value is -3.69. The van der Waals surface area contributed by atoms with E-state index in [4.69, 9.17) is 26.5 Å². The van der Waals surface area contributed by atoms with Crippen LogP contribution < -0.4 is 4.74 Å². The van der Waals surface area contributed by atoms with Gasteiger partial charge in [-0.2, -0.15) is 5.10 Å². The van der Waals surface area contributed by atoms with Crippen molar-refractivity contribution in [1.82, 2.24) is 14.7 Å². The number of carbonyl (C=O) groups is 1. The maximum Gasteiger partial charge on any atom is 0.266 e. The van der Waals surface area contributed by atoms with Crippen LogP contribution in [0.5, 0.6) is 5.75 Å². The van der Waals surface area contributed by atoms with Crippen LogP contribution in [-0.4, -0.2) is 31.5 Å². The molecule has 0 unspecified atom stereocenters. The Balaban J connectivity index is 1.54. The van der Waals surface area contributed by atoms with E-state index in [9.17, 15) is 9.18 Å².